The van der Waals surface area contributed by atoms with E-state index in [0.29, 0.717) is 10.0 Å². The van der Waals surface area contributed by atoms with Crippen molar-refractivity contribution < 1.29 is 14.3 Å². The molecule has 1 saturated heterocycles. The van der Waals surface area contributed by atoms with Crippen molar-refractivity contribution in [2.45, 2.75) is 12.8 Å². The highest BCUT2D eigenvalue weighted by molar-refractivity contribution is 6.42. The molecular formula is C15H15Cl2NO3. The van der Waals surface area contributed by atoms with Crippen molar-refractivity contribution in [3.05, 3.63) is 39.9 Å². The molecule has 1 aliphatic rings. The standard InChI is InChI=1S/C15H15Cl2NO3/c16-12-5-3-11(9-13(12)17)4-6-15(20)21-10-14(19)18-7-1-2-8-18/h3-6,9H,1-2,7-8,10H2. The van der Waals surface area contributed by atoms with Crippen LogP contribution in [0.1, 0.15) is 18.4 Å². The summed E-state index contributed by atoms with van der Waals surface area (Å²) in [4.78, 5) is 25.0. The number of carbonyl (C=O) groups excluding carboxylic acids is 2. The van der Waals surface area contributed by atoms with E-state index in [-0.39, 0.29) is 12.5 Å². The zero-order valence-electron chi connectivity index (χ0n) is 11.4. The van der Waals surface area contributed by atoms with Gasteiger partial charge in [-0.3, -0.25) is 4.79 Å². The number of hydrogen-bond donors (Lipinski definition) is 0. The summed E-state index contributed by atoms with van der Waals surface area (Å²) in [6.07, 6.45) is 4.84. The number of ether oxygens (including phenoxy) is 1. The number of rotatable bonds is 4. The second kappa shape index (κ2) is 7.48. The van der Waals surface area contributed by atoms with Crippen LogP contribution in [0.25, 0.3) is 6.08 Å². The molecule has 1 fully saturated rings. The van der Waals surface area contributed by atoms with Gasteiger partial charge in [0.2, 0.25) is 0 Å². The third kappa shape index (κ3) is 4.76. The minimum atomic E-state index is -0.561. The van der Waals surface area contributed by atoms with Crippen LogP contribution in [0.4, 0.5) is 0 Å². The fourth-order valence-corrected chi connectivity index (χ4v) is 2.33. The van der Waals surface area contributed by atoms with Gasteiger partial charge >= 0.3 is 5.97 Å². The maximum absolute atomic E-state index is 11.7. The number of likely N-dealkylation sites (tertiary alicyclic amines) is 1. The second-order valence-corrected chi connectivity index (χ2v) is 5.52. The third-order valence-corrected chi connectivity index (χ3v) is 3.89. The molecule has 6 heteroatoms. The quantitative estimate of drug-likeness (QED) is 0.630. The molecule has 0 aromatic heterocycles. The molecule has 0 spiro atoms. The molecule has 1 aromatic carbocycles. The maximum atomic E-state index is 11.7. The Labute approximate surface area is 133 Å². The number of benzene rings is 1. The van der Waals surface area contributed by atoms with Crippen LogP contribution in [0.15, 0.2) is 24.3 Å². The molecule has 0 N–H and O–H groups in total. The number of hydrogen-bond acceptors (Lipinski definition) is 3. The summed E-state index contributed by atoms with van der Waals surface area (Å²) in [5, 5.41) is 0.865. The molecule has 0 saturated carbocycles. The van der Waals surface area contributed by atoms with Gasteiger partial charge in [-0.15, -0.1) is 0 Å². The van der Waals surface area contributed by atoms with Gasteiger partial charge in [0.25, 0.3) is 5.91 Å². The van der Waals surface area contributed by atoms with Gasteiger partial charge in [0.1, 0.15) is 0 Å². The monoisotopic (exact) mass is 327 g/mol. The highest BCUT2D eigenvalue weighted by Gasteiger charge is 2.18. The lowest BCUT2D eigenvalue weighted by Crippen LogP contribution is -2.31. The van der Waals surface area contributed by atoms with Crippen molar-refractivity contribution in [3.8, 4) is 0 Å². The lowest BCUT2D eigenvalue weighted by Gasteiger charge is -2.14. The van der Waals surface area contributed by atoms with E-state index in [4.69, 9.17) is 27.9 Å². The molecule has 0 atom stereocenters. The Morgan fingerprint density at radius 3 is 2.57 bits per heavy atom. The molecule has 0 aliphatic carbocycles. The van der Waals surface area contributed by atoms with Crippen molar-refractivity contribution in [2.24, 2.45) is 0 Å². The summed E-state index contributed by atoms with van der Waals surface area (Å²) in [7, 11) is 0. The van der Waals surface area contributed by atoms with E-state index >= 15 is 0 Å². The summed E-state index contributed by atoms with van der Waals surface area (Å²) in [6, 6.07) is 5.02. The fourth-order valence-electron chi connectivity index (χ4n) is 2.02. The molecule has 1 aromatic rings. The first-order valence-corrected chi connectivity index (χ1v) is 7.39. The smallest absolute Gasteiger partial charge is 0.331 e. The van der Waals surface area contributed by atoms with Crippen molar-refractivity contribution >= 4 is 41.2 Å². The molecule has 4 nitrogen and oxygen atoms in total. The first kappa shape index (κ1) is 15.9. The topological polar surface area (TPSA) is 46.6 Å². The van der Waals surface area contributed by atoms with Crippen LogP contribution >= 0.6 is 23.2 Å². The van der Waals surface area contributed by atoms with E-state index in [2.05, 4.69) is 0 Å². The number of carbonyl (C=O) groups is 2. The number of nitrogens with zero attached hydrogens (tertiary/aromatic N) is 1. The van der Waals surface area contributed by atoms with Gasteiger partial charge in [-0.1, -0.05) is 29.3 Å². The predicted octanol–water partition coefficient (Wildman–Crippen LogP) is 3.17. The van der Waals surface area contributed by atoms with E-state index in [1.807, 2.05) is 0 Å². The van der Waals surface area contributed by atoms with Crippen LogP contribution in [0.3, 0.4) is 0 Å². The van der Waals surface area contributed by atoms with Crippen molar-refractivity contribution in [3.63, 3.8) is 0 Å². The average Bonchev–Trinajstić information content (AvgIpc) is 3.00. The lowest BCUT2D eigenvalue weighted by atomic mass is 10.2. The molecule has 1 aliphatic heterocycles. The summed E-state index contributed by atoms with van der Waals surface area (Å²) in [5.74, 6) is -0.711. The van der Waals surface area contributed by atoms with Gasteiger partial charge in [-0.25, -0.2) is 4.79 Å². The van der Waals surface area contributed by atoms with E-state index < -0.39 is 5.97 Å². The summed E-state index contributed by atoms with van der Waals surface area (Å²) in [6.45, 7) is 1.27. The summed E-state index contributed by atoms with van der Waals surface area (Å²) >= 11 is 11.7. The first-order valence-electron chi connectivity index (χ1n) is 6.64. The number of halogens is 2. The minimum Gasteiger partial charge on any atom is -0.452 e. The third-order valence-electron chi connectivity index (χ3n) is 3.15. The molecule has 1 amide bonds. The number of esters is 1. The molecule has 0 bridgehead atoms. The van der Waals surface area contributed by atoms with Gasteiger partial charge in [-0.2, -0.15) is 0 Å². The average molecular weight is 328 g/mol. The summed E-state index contributed by atoms with van der Waals surface area (Å²) < 4.78 is 4.92. The highest BCUT2D eigenvalue weighted by atomic mass is 35.5. The Bertz CT molecular complexity index is 566. The largest absolute Gasteiger partial charge is 0.452 e. The van der Waals surface area contributed by atoms with Crippen molar-refractivity contribution in [1.82, 2.24) is 4.90 Å². The van der Waals surface area contributed by atoms with Gasteiger partial charge in [0, 0.05) is 19.2 Å². The molecule has 21 heavy (non-hydrogen) atoms. The van der Waals surface area contributed by atoms with Crippen LogP contribution < -0.4 is 0 Å². The first-order chi connectivity index (χ1) is 10.1. The van der Waals surface area contributed by atoms with Gasteiger partial charge in [0.05, 0.1) is 10.0 Å². The Kier molecular flexibility index (Phi) is 5.65. The van der Waals surface area contributed by atoms with Gasteiger partial charge < -0.3 is 9.64 Å². The molecule has 0 radical (unpaired) electrons. The van der Waals surface area contributed by atoms with Crippen molar-refractivity contribution in [2.75, 3.05) is 19.7 Å². The maximum Gasteiger partial charge on any atom is 0.331 e. The highest BCUT2D eigenvalue weighted by Crippen LogP contribution is 2.23. The van der Waals surface area contributed by atoms with Crippen LogP contribution in [-0.4, -0.2) is 36.5 Å². The van der Waals surface area contributed by atoms with Gasteiger partial charge in [0.15, 0.2) is 6.61 Å². The van der Waals surface area contributed by atoms with Crippen LogP contribution in [-0.2, 0) is 14.3 Å². The Balaban J connectivity index is 1.82. The normalized spacial score (nSPS) is 14.7. The molecule has 112 valence electrons. The van der Waals surface area contributed by atoms with Crippen LogP contribution in [0.5, 0.6) is 0 Å². The number of amides is 1. The Hall–Kier alpha value is -1.52. The summed E-state index contributed by atoms with van der Waals surface area (Å²) in [5.41, 5.74) is 0.729. The SMILES string of the molecule is O=C(C=Cc1ccc(Cl)c(Cl)c1)OCC(=O)N1CCCC1. The van der Waals surface area contributed by atoms with E-state index in [1.165, 1.54) is 6.08 Å². The minimum absolute atomic E-state index is 0.149. The van der Waals surface area contributed by atoms with E-state index in [9.17, 15) is 9.59 Å². The van der Waals surface area contributed by atoms with E-state index in [1.54, 1.807) is 29.2 Å². The zero-order chi connectivity index (χ0) is 15.2. The van der Waals surface area contributed by atoms with E-state index in [0.717, 1.165) is 31.5 Å². The lowest BCUT2D eigenvalue weighted by molar-refractivity contribution is -0.147. The van der Waals surface area contributed by atoms with Gasteiger partial charge in [-0.05, 0) is 36.6 Å². The fraction of sp³-hybridized carbons (Fsp3) is 0.333. The Morgan fingerprint density at radius 2 is 1.90 bits per heavy atom. The van der Waals surface area contributed by atoms with Crippen molar-refractivity contribution in [1.29, 1.82) is 0 Å². The molecule has 1 heterocycles. The molecule has 0 unspecified atom stereocenters. The van der Waals surface area contributed by atoms with Crippen LogP contribution in [0.2, 0.25) is 10.0 Å². The Morgan fingerprint density at radius 1 is 1.19 bits per heavy atom. The predicted molar refractivity (Wildman–Crippen MR) is 82.3 cm³/mol. The van der Waals surface area contributed by atoms with Crippen LogP contribution in [0, 0.1) is 0 Å². The molecule has 2 rings (SSSR count). The second-order valence-electron chi connectivity index (χ2n) is 4.70. The molecular weight excluding hydrogens is 313 g/mol. The zero-order valence-corrected chi connectivity index (χ0v) is 12.9.